The lowest BCUT2D eigenvalue weighted by atomic mass is 10.1. The number of nitrogens with zero attached hydrogens (tertiary/aromatic N) is 2. The fraction of sp³-hybridized carbons (Fsp3) is 0.769. The molecule has 2 heterocycles. The Balaban J connectivity index is 2.11. The van der Waals surface area contributed by atoms with E-state index in [4.69, 9.17) is 9.72 Å². The summed E-state index contributed by atoms with van der Waals surface area (Å²) in [6, 6.07) is 0.581. The third kappa shape index (κ3) is 3.02. The first-order valence-corrected chi connectivity index (χ1v) is 7.51. The summed E-state index contributed by atoms with van der Waals surface area (Å²) in [5, 5.41) is 4.38. The quantitative estimate of drug-likeness (QED) is 0.887. The van der Waals surface area contributed by atoms with Crippen molar-refractivity contribution in [2.45, 2.75) is 38.8 Å². The molecule has 0 atom stereocenters. The van der Waals surface area contributed by atoms with Crippen LogP contribution >= 0.6 is 11.3 Å². The van der Waals surface area contributed by atoms with E-state index in [0.717, 1.165) is 44.2 Å². The summed E-state index contributed by atoms with van der Waals surface area (Å²) in [6.45, 7) is 4.85. The molecule has 4 nitrogen and oxygen atoms in total. The molecule has 0 aliphatic carbocycles. The first kappa shape index (κ1) is 13.8. The van der Waals surface area contributed by atoms with Crippen molar-refractivity contribution < 1.29 is 4.74 Å². The van der Waals surface area contributed by atoms with E-state index in [0.29, 0.717) is 6.04 Å². The molecule has 0 radical (unpaired) electrons. The molecule has 1 fully saturated rings. The molecular formula is C13H23N3OS. The van der Waals surface area contributed by atoms with Crippen molar-refractivity contribution in [1.29, 1.82) is 0 Å². The van der Waals surface area contributed by atoms with Gasteiger partial charge >= 0.3 is 0 Å². The normalized spacial score (nSPS) is 17.1. The highest BCUT2D eigenvalue weighted by Crippen LogP contribution is 2.29. The van der Waals surface area contributed by atoms with Crippen molar-refractivity contribution in [3.8, 4) is 0 Å². The molecule has 0 unspecified atom stereocenters. The highest BCUT2D eigenvalue weighted by atomic mass is 32.1. The van der Waals surface area contributed by atoms with Gasteiger partial charge in [0.25, 0.3) is 0 Å². The molecule has 1 aromatic rings. The largest absolute Gasteiger partial charge is 0.381 e. The van der Waals surface area contributed by atoms with Crippen molar-refractivity contribution in [3.05, 3.63) is 10.6 Å². The van der Waals surface area contributed by atoms with Crippen molar-refractivity contribution in [2.75, 3.05) is 32.2 Å². The maximum absolute atomic E-state index is 5.42. The molecule has 1 aliphatic rings. The number of hydrogen-bond donors (Lipinski definition) is 1. The first-order valence-electron chi connectivity index (χ1n) is 6.70. The van der Waals surface area contributed by atoms with Crippen molar-refractivity contribution in [3.63, 3.8) is 0 Å². The second-order valence-electron chi connectivity index (χ2n) is 4.70. The number of nitrogens with one attached hydrogen (secondary N) is 1. The van der Waals surface area contributed by atoms with E-state index in [1.165, 1.54) is 10.6 Å². The fourth-order valence-electron chi connectivity index (χ4n) is 2.32. The number of aromatic nitrogens is 1. The summed E-state index contributed by atoms with van der Waals surface area (Å²) in [5.74, 6) is 0. The molecule has 1 saturated heterocycles. The molecule has 2 rings (SSSR count). The summed E-state index contributed by atoms with van der Waals surface area (Å²) in [5.41, 5.74) is 1.24. The van der Waals surface area contributed by atoms with Gasteiger partial charge in [-0.15, -0.1) is 11.3 Å². The molecule has 0 bridgehead atoms. The highest BCUT2D eigenvalue weighted by Gasteiger charge is 2.22. The maximum atomic E-state index is 5.42. The Bertz CT molecular complexity index is 374. The smallest absolute Gasteiger partial charge is 0.185 e. The molecule has 0 spiro atoms. The van der Waals surface area contributed by atoms with Crippen LogP contribution < -0.4 is 10.2 Å². The third-order valence-corrected chi connectivity index (χ3v) is 4.67. The topological polar surface area (TPSA) is 37.4 Å². The first-order chi connectivity index (χ1) is 8.76. The number of rotatable bonds is 5. The summed E-state index contributed by atoms with van der Waals surface area (Å²) < 4.78 is 5.42. The molecule has 18 heavy (non-hydrogen) atoms. The molecule has 0 saturated carbocycles. The van der Waals surface area contributed by atoms with E-state index in [1.54, 1.807) is 0 Å². The predicted octanol–water partition coefficient (Wildman–Crippen LogP) is 2.04. The number of thiazole rings is 1. The zero-order valence-corrected chi connectivity index (χ0v) is 12.3. The molecule has 1 N–H and O–H groups in total. The Morgan fingerprint density at radius 3 is 2.78 bits per heavy atom. The predicted molar refractivity (Wildman–Crippen MR) is 76.5 cm³/mol. The van der Waals surface area contributed by atoms with Gasteiger partial charge in [-0.2, -0.15) is 0 Å². The van der Waals surface area contributed by atoms with Crippen LogP contribution in [0.25, 0.3) is 0 Å². The molecule has 0 amide bonds. The summed E-state index contributed by atoms with van der Waals surface area (Å²) in [7, 11) is 4.15. The minimum Gasteiger partial charge on any atom is -0.381 e. The van der Waals surface area contributed by atoms with Crippen molar-refractivity contribution in [2.24, 2.45) is 0 Å². The summed E-state index contributed by atoms with van der Waals surface area (Å²) >= 11 is 1.82. The molecule has 0 aromatic carbocycles. The highest BCUT2D eigenvalue weighted by molar-refractivity contribution is 7.15. The average Bonchev–Trinajstić information content (AvgIpc) is 2.82. The van der Waals surface area contributed by atoms with Crippen LogP contribution in [0, 0.1) is 0 Å². The van der Waals surface area contributed by atoms with Gasteiger partial charge in [-0.25, -0.2) is 4.98 Å². The number of anilines is 1. The SMILES string of the molecule is CCc1nc(N(C)C2CCOCC2)sc1CNC. The van der Waals surface area contributed by atoms with E-state index in [1.807, 2.05) is 18.4 Å². The van der Waals surface area contributed by atoms with Crippen LogP contribution in [0.5, 0.6) is 0 Å². The van der Waals surface area contributed by atoms with Gasteiger partial charge in [0, 0.05) is 37.7 Å². The van der Waals surface area contributed by atoms with Crippen LogP contribution in [0.1, 0.15) is 30.3 Å². The number of hydrogen-bond acceptors (Lipinski definition) is 5. The molecule has 1 aromatic heterocycles. The number of ether oxygens (including phenoxy) is 1. The zero-order valence-electron chi connectivity index (χ0n) is 11.5. The van der Waals surface area contributed by atoms with Crippen LogP contribution in [0.15, 0.2) is 0 Å². The minimum absolute atomic E-state index is 0.581. The summed E-state index contributed by atoms with van der Waals surface area (Å²) in [4.78, 5) is 8.49. The van der Waals surface area contributed by atoms with Gasteiger partial charge in [0.15, 0.2) is 5.13 Å². The average molecular weight is 269 g/mol. The second kappa shape index (κ2) is 6.50. The lowest BCUT2D eigenvalue weighted by Gasteiger charge is -2.30. The van der Waals surface area contributed by atoms with Gasteiger partial charge < -0.3 is 15.0 Å². The Morgan fingerprint density at radius 2 is 2.17 bits per heavy atom. The van der Waals surface area contributed by atoms with E-state index in [2.05, 4.69) is 24.2 Å². The van der Waals surface area contributed by atoms with Gasteiger partial charge in [-0.3, -0.25) is 0 Å². The van der Waals surface area contributed by atoms with Crippen LogP contribution in [0.2, 0.25) is 0 Å². The fourth-order valence-corrected chi connectivity index (χ4v) is 3.52. The molecule has 1 aliphatic heterocycles. The molecular weight excluding hydrogens is 246 g/mol. The Labute approximate surface area is 113 Å². The van der Waals surface area contributed by atoms with Gasteiger partial charge in [-0.1, -0.05) is 6.92 Å². The van der Waals surface area contributed by atoms with Gasteiger partial charge in [0.1, 0.15) is 0 Å². The second-order valence-corrected chi connectivity index (χ2v) is 5.77. The van der Waals surface area contributed by atoms with Crippen LogP contribution in [-0.4, -0.2) is 38.3 Å². The van der Waals surface area contributed by atoms with E-state index in [-0.39, 0.29) is 0 Å². The van der Waals surface area contributed by atoms with Crippen LogP contribution in [0.3, 0.4) is 0 Å². The number of aryl methyl sites for hydroxylation is 1. The lowest BCUT2D eigenvalue weighted by molar-refractivity contribution is 0.0855. The van der Waals surface area contributed by atoms with Crippen molar-refractivity contribution in [1.82, 2.24) is 10.3 Å². The zero-order chi connectivity index (χ0) is 13.0. The Hall–Kier alpha value is -0.650. The standard InChI is InChI=1S/C13H23N3OS/c1-4-11-12(9-14-2)18-13(15-11)16(3)10-5-7-17-8-6-10/h10,14H,4-9H2,1-3H3. The Kier molecular flexibility index (Phi) is 4.97. The maximum Gasteiger partial charge on any atom is 0.185 e. The van der Waals surface area contributed by atoms with E-state index in [9.17, 15) is 0 Å². The van der Waals surface area contributed by atoms with E-state index < -0.39 is 0 Å². The van der Waals surface area contributed by atoms with Crippen molar-refractivity contribution >= 4 is 16.5 Å². The van der Waals surface area contributed by atoms with Gasteiger partial charge in [0.05, 0.1) is 5.69 Å². The van der Waals surface area contributed by atoms with E-state index >= 15 is 0 Å². The van der Waals surface area contributed by atoms with Crippen LogP contribution in [-0.2, 0) is 17.7 Å². The summed E-state index contributed by atoms with van der Waals surface area (Å²) in [6.07, 6.45) is 3.23. The van der Waals surface area contributed by atoms with Crippen LogP contribution in [0.4, 0.5) is 5.13 Å². The van der Waals surface area contributed by atoms with Gasteiger partial charge in [0.2, 0.25) is 0 Å². The third-order valence-electron chi connectivity index (χ3n) is 3.48. The van der Waals surface area contributed by atoms with Gasteiger partial charge in [-0.05, 0) is 26.3 Å². The lowest BCUT2D eigenvalue weighted by Crippen LogP contribution is -2.36. The molecule has 5 heteroatoms. The minimum atomic E-state index is 0.581. The Morgan fingerprint density at radius 1 is 1.44 bits per heavy atom. The monoisotopic (exact) mass is 269 g/mol. The molecule has 102 valence electrons.